The molecule has 0 aromatic heterocycles. The molecule has 0 N–H and O–H groups in total. The Morgan fingerprint density at radius 2 is 1.53 bits per heavy atom. The lowest BCUT2D eigenvalue weighted by Gasteiger charge is -2.32. The molecule has 0 saturated carbocycles. The van der Waals surface area contributed by atoms with E-state index < -0.39 is 0 Å². The first-order valence-corrected chi connectivity index (χ1v) is 6.28. The molecular formula is C12H19BrN2. The summed E-state index contributed by atoms with van der Waals surface area (Å²) < 4.78 is 0. The van der Waals surface area contributed by atoms with E-state index in [0.717, 1.165) is 19.6 Å². The van der Waals surface area contributed by atoms with E-state index in [9.17, 15) is 0 Å². The molecule has 84 valence electrons. The van der Waals surface area contributed by atoms with E-state index in [4.69, 9.17) is 12.8 Å². The zero-order valence-corrected chi connectivity index (χ0v) is 11.0. The molecule has 15 heavy (non-hydrogen) atoms. The van der Waals surface area contributed by atoms with Crippen LogP contribution in [0.15, 0.2) is 0 Å². The van der Waals surface area contributed by atoms with Gasteiger partial charge in [-0.2, -0.15) is 0 Å². The van der Waals surface area contributed by atoms with Crippen molar-refractivity contribution in [1.29, 1.82) is 0 Å². The zero-order chi connectivity index (χ0) is 11.5. The van der Waals surface area contributed by atoms with Gasteiger partial charge in [0.25, 0.3) is 0 Å². The van der Waals surface area contributed by atoms with Crippen LogP contribution in [0.25, 0.3) is 0 Å². The fourth-order valence-corrected chi connectivity index (χ4v) is 1.39. The molecule has 0 amide bonds. The van der Waals surface area contributed by atoms with Crippen LogP contribution in [0, 0.1) is 24.7 Å². The highest BCUT2D eigenvalue weighted by atomic mass is 79.9. The minimum atomic E-state index is 0.660. The zero-order valence-electron chi connectivity index (χ0n) is 9.38. The third-order valence-electron chi connectivity index (χ3n) is 2.30. The van der Waals surface area contributed by atoms with Gasteiger partial charge in [0.15, 0.2) is 0 Å². The predicted octanol–water partition coefficient (Wildman–Crippen LogP) is 1.27. The fraction of sp³-hybridized carbons (Fsp3) is 0.667. The molecule has 1 saturated heterocycles. The molecule has 3 heteroatoms. The molecule has 0 aliphatic carbocycles. The largest absolute Gasteiger partial charge is 0.301 e. The Kier molecular flexibility index (Phi) is 9.73. The number of nitrogens with zero attached hydrogens (tertiary/aromatic N) is 2. The number of hydrogen-bond donors (Lipinski definition) is 0. The van der Waals surface area contributed by atoms with Crippen LogP contribution in [-0.2, 0) is 0 Å². The monoisotopic (exact) mass is 270 g/mol. The first-order valence-electron chi connectivity index (χ1n) is 5.16. The molecule has 2 nitrogen and oxygen atoms in total. The van der Waals surface area contributed by atoms with Crippen molar-refractivity contribution in [2.75, 3.05) is 44.6 Å². The quantitative estimate of drug-likeness (QED) is 0.551. The topological polar surface area (TPSA) is 6.48 Å². The second kappa shape index (κ2) is 10.1. The highest BCUT2D eigenvalue weighted by Crippen LogP contribution is 1.99. The van der Waals surface area contributed by atoms with Crippen molar-refractivity contribution in [3.63, 3.8) is 0 Å². The van der Waals surface area contributed by atoms with Crippen LogP contribution >= 0.6 is 15.9 Å². The van der Waals surface area contributed by atoms with Crippen molar-refractivity contribution in [2.24, 2.45) is 0 Å². The molecule has 1 aliphatic heterocycles. The number of alkyl halides is 1. The maximum atomic E-state index is 5.22. The molecule has 0 aromatic rings. The van der Waals surface area contributed by atoms with Gasteiger partial charge in [-0.3, -0.25) is 4.90 Å². The summed E-state index contributed by atoms with van der Waals surface area (Å²) >= 11 is 3.01. The van der Waals surface area contributed by atoms with E-state index in [2.05, 4.69) is 44.5 Å². The lowest BCUT2D eigenvalue weighted by atomic mass is 10.3. The Morgan fingerprint density at radius 3 is 1.87 bits per heavy atom. The van der Waals surface area contributed by atoms with Gasteiger partial charge in [0, 0.05) is 26.2 Å². The second-order valence-corrected chi connectivity index (χ2v) is 3.81. The molecule has 1 fully saturated rings. The minimum Gasteiger partial charge on any atom is -0.301 e. The van der Waals surface area contributed by atoms with Gasteiger partial charge in [0.1, 0.15) is 0 Å². The first-order chi connectivity index (χ1) is 7.28. The van der Waals surface area contributed by atoms with Gasteiger partial charge in [-0.1, -0.05) is 34.7 Å². The van der Waals surface area contributed by atoms with Gasteiger partial charge in [0.05, 0.1) is 11.9 Å². The Balaban J connectivity index is 0.000000423. The number of likely N-dealkylation sites (N-methyl/N-ethyl adjacent to an activating group) is 1. The van der Waals surface area contributed by atoms with Gasteiger partial charge in [-0.05, 0) is 6.54 Å². The fourth-order valence-electron chi connectivity index (χ4n) is 1.39. The number of hydrogen-bond acceptors (Lipinski definition) is 2. The molecular weight excluding hydrogens is 252 g/mol. The van der Waals surface area contributed by atoms with Crippen molar-refractivity contribution in [2.45, 2.75) is 6.92 Å². The van der Waals surface area contributed by atoms with Gasteiger partial charge in [-0.25, -0.2) is 0 Å². The summed E-state index contributed by atoms with van der Waals surface area (Å²) in [5.74, 6) is 5.02. The molecule has 1 heterocycles. The minimum absolute atomic E-state index is 0.660. The summed E-state index contributed by atoms with van der Waals surface area (Å²) in [7, 11) is 0. The molecule has 1 rings (SSSR count). The summed E-state index contributed by atoms with van der Waals surface area (Å²) in [5.41, 5.74) is 0. The lowest BCUT2D eigenvalue weighted by molar-refractivity contribution is 0.150. The van der Waals surface area contributed by atoms with Crippen LogP contribution in [0.3, 0.4) is 0 Å². The number of terminal acetylenes is 2. The number of rotatable bonds is 2. The molecule has 0 atom stereocenters. The van der Waals surface area contributed by atoms with Crippen LogP contribution in [0.2, 0.25) is 0 Å². The Hall–Kier alpha value is -0.480. The van der Waals surface area contributed by atoms with Crippen LogP contribution in [0.4, 0.5) is 0 Å². The molecule has 0 radical (unpaired) electrons. The summed E-state index contributed by atoms with van der Waals surface area (Å²) in [4.78, 5) is 4.78. The summed E-state index contributed by atoms with van der Waals surface area (Å²) in [6.45, 7) is 8.82. The first kappa shape index (κ1) is 14.5. The maximum Gasteiger partial charge on any atom is 0.0642 e. The highest BCUT2D eigenvalue weighted by Gasteiger charge is 2.13. The lowest BCUT2D eigenvalue weighted by Crippen LogP contribution is -2.46. The van der Waals surface area contributed by atoms with E-state index in [1.165, 1.54) is 19.6 Å². The molecule has 0 aromatic carbocycles. The van der Waals surface area contributed by atoms with E-state index in [-0.39, 0.29) is 0 Å². The van der Waals surface area contributed by atoms with E-state index in [0.29, 0.717) is 5.33 Å². The van der Waals surface area contributed by atoms with Gasteiger partial charge in [-0.15, -0.1) is 12.8 Å². The molecule has 1 aliphatic rings. The van der Waals surface area contributed by atoms with E-state index in [1.54, 1.807) is 0 Å². The summed E-state index contributed by atoms with van der Waals surface area (Å²) in [6.07, 6.45) is 9.95. The second-order valence-electron chi connectivity index (χ2n) is 3.25. The predicted molar refractivity (Wildman–Crippen MR) is 70.0 cm³/mol. The van der Waals surface area contributed by atoms with Crippen molar-refractivity contribution in [3.05, 3.63) is 0 Å². The van der Waals surface area contributed by atoms with Crippen molar-refractivity contribution >= 4 is 15.9 Å². The van der Waals surface area contributed by atoms with Crippen LogP contribution in [0.1, 0.15) is 6.92 Å². The van der Waals surface area contributed by atoms with E-state index in [1.807, 2.05) is 0 Å². The Labute approximate surface area is 102 Å². The highest BCUT2D eigenvalue weighted by molar-refractivity contribution is 9.09. The standard InChI is InChI=1S/C9H16N2.C3H3Br/c1-3-5-11-8-6-10(4-2)7-9-11;1-2-3-4/h1H,4-9H2,2H3;1H,3H2. The number of halogens is 1. The third kappa shape index (κ3) is 7.45. The van der Waals surface area contributed by atoms with Gasteiger partial charge in [0.2, 0.25) is 0 Å². The Morgan fingerprint density at radius 1 is 1.07 bits per heavy atom. The van der Waals surface area contributed by atoms with Crippen LogP contribution in [-0.4, -0.2) is 54.4 Å². The third-order valence-corrected chi connectivity index (χ3v) is 2.63. The Bertz CT molecular complexity index is 219. The van der Waals surface area contributed by atoms with Crippen molar-refractivity contribution in [3.8, 4) is 24.7 Å². The van der Waals surface area contributed by atoms with Crippen LogP contribution in [0.5, 0.6) is 0 Å². The van der Waals surface area contributed by atoms with E-state index >= 15 is 0 Å². The SMILES string of the molecule is C#CCBr.C#CCN1CCN(CC)CC1. The normalized spacial score (nSPS) is 17.1. The van der Waals surface area contributed by atoms with Gasteiger partial charge >= 0.3 is 0 Å². The molecule has 0 spiro atoms. The van der Waals surface area contributed by atoms with Crippen LogP contribution < -0.4 is 0 Å². The van der Waals surface area contributed by atoms with Crippen molar-refractivity contribution in [1.82, 2.24) is 9.80 Å². The van der Waals surface area contributed by atoms with Gasteiger partial charge < -0.3 is 4.90 Å². The average molecular weight is 271 g/mol. The maximum absolute atomic E-state index is 5.22. The summed E-state index contributed by atoms with van der Waals surface area (Å²) in [6, 6.07) is 0. The number of piperazine rings is 1. The van der Waals surface area contributed by atoms with Crippen molar-refractivity contribution < 1.29 is 0 Å². The molecule has 0 bridgehead atoms. The summed E-state index contributed by atoms with van der Waals surface area (Å²) in [5, 5.41) is 0.660. The molecule has 0 unspecified atom stereocenters. The smallest absolute Gasteiger partial charge is 0.0642 e. The average Bonchev–Trinajstić information content (AvgIpc) is 2.31.